The highest BCUT2D eigenvalue weighted by atomic mass is 16.5. The number of ether oxygens (including phenoxy) is 1. The summed E-state index contributed by atoms with van der Waals surface area (Å²) in [5.74, 6) is -11.9. The van der Waals surface area contributed by atoms with Crippen molar-refractivity contribution in [1.82, 2.24) is 4.90 Å². The van der Waals surface area contributed by atoms with Crippen LogP contribution in [0, 0.1) is 23.7 Å². The summed E-state index contributed by atoms with van der Waals surface area (Å²) in [6.07, 6.45) is -0.0126. The van der Waals surface area contributed by atoms with Crippen molar-refractivity contribution in [1.29, 1.82) is 0 Å². The number of nitrogen functional groups attached to an aromatic ring is 1. The molecular formula is C29H29N3O9. The van der Waals surface area contributed by atoms with E-state index in [1.165, 1.54) is 44.3 Å². The van der Waals surface area contributed by atoms with Crippen LogP contribution in [-0.4, -0.2) is 83.0 Å². The molecule has 0 aromatic heterocycles. The van der Waals surface area contributed by atoms with Gasteiger partial charge < -0.3 is 26.4 Å². The number of amides is 1. The van der Waals surface area contributed by atoms with Gasteiger partial charge in [0.1, 0.15) is 5.75 Å². The summed E-state index contributed by atoms with van der Waals surface area (Å²) in [6.45, 7) is 0. The van der Waals surface area contributed by atoms with Gasteiger partial charge >= 0.3 is 5.97 Å². The molecule has 2 aromatic rings. The summed E-state index contributed by atoms with van der Waals surface area (Å²) in [5, 5.41) is 22.4. The SMILES string of the molecule is COC(=O)c1cc(N)cc(-c2ccc(O)c3c2C[C@@H]2C[C@@H]4C(N(C)C)C(=O)C(C(N)=O)C(=O)[C@]4(O)C(=O)C2C3=O)c1. The minimum absolute atomic E-state index is 0.0674. The van der Waals surface area contributed by atoms with Gasteiger partial charge in [-0.2, -0.15) is 0 Å². The van der Waals surface area contributed by atoms with Crippen LogP contribution in [-0.2, 0) is 30.3 Å². The number of carbonyl (C=O) groups is 6. The number of hydrogen-bond acceptors (Lipinski definition) is 11. The molecule has 0 radical (unpaired) electrons. The number of esters is 1. The number of anilines is 1. The van der Waals surface area contributed by atoms with Crippen LogP contribution in [0.2, 0.25) is 0 Å². The quantitative estimate of drug-likeness (QED) is 0.219. The van der Waals surface area contributed by atoms with Gasteiger partial charge in [-0.15, -0.1) is 0 Å². The number of nitrogens with zero attached hydrogens (tertiary/aromatic N) is 1. The topological polar surface area (TPSA) is 207 Å². The molecule has 2 saturated carbocycles. The number of ketones is 4. The molecule has 3 aliphatic rings. The summed E-state index contributed by atoms with van der Waals surface area (Å²) in [7, 11) is 4.26. The lowest BCUT2D eigenvalue weighted by Gasteiger charge is -2.52. The second-order valence-electron chi connectivity index (χ2n) is 11.1. The summed E-state index contributed by atoms with van der Waals surface area (Å²) < 4.78 is 4.80. The number of methoxy groups -OCH3 is 1. The van der Waals surface area contributed by atoms with Gasteiger partial charge in [0.2, 0.25) is 5.91 Å². The van der Waals surface area contributed by atoms with Gasteiger partial charge in [-0.3, -0.25) is 28.9 Å². The maximum Gasteiger partial charge on any atom is 0.337 e. The van der Waals surface area contributed by atoms with E-state index in [1.54, 1.807) is 12.1 Å². The van der Waals surface area contributed by atoms with Gasteiger partial charge in [0.15, 0.2) is 34.7 Å². The first-order valence-electron chi connectivity index (χ1n) is 12.9. The number of rotatable bonds is 4. The monoisotopic (exact) mass is 563 g/mol. The van der Waals surface area contributed by atoms with Crippen molar-refractivity contribution in [2.75, 3.05) is 26.9 Å². The molecule has 0 aliphatic heterocycles. The zero-order chi connectivity index (χ0) is 30.1. The van der Waals surface area contributed by atoms with Gasteiger partial charge in [0.05, 0.1) is 30.2 Å². The largest absolute Gasteiger partial charge is 0.507 e. The van der Waals surface area contributed by atoms with Crippen LogP contribution in [0.4, 0.5) is 5.69 Å². The van der Waals surface area contributed by atoms with E-state index in [0.29, 0.717) is 16.7 Å². The second-order valence-corrected chi connectivity index (χ2v) is 11.1. The van der Waals surface area contributed by atoms with Gasteiger partial charge in [0.25, 0.3) is 0 Å². The Morgan fingerprint density at radius 2 is 1.76 bits per heavy atom. The molecule has 0 saturated heterocycles. The molecule has 0 bridgehead atoms. The van der Waals surface area contributed by atoms with E-state index in [4.69, 9.17) is 16.2 Å². The molecule has 6 atom stereocenters. The van der Waals surface area contributed by atoms with Crippen LogP contribution < -0.4 is 11.5 Å². The third-order valence-electron chi connectivity index (χ3n) is 8.63. The minimum atomic E-state index is -2.80. The van der Waals surface area contributed by atoms with E-state index in [0.717, 1.165) is 0 Å². The zero-order valence-corrected chi connectivity index (χ0v) is 22.5. The smallest absolute Gasteiger partial charge is 0.337 e. The van der Waals surface area contributed by atoms with Gasteiger partial charge in [-0.1, -0.05) is 6.07 Å². The molecule has 6 N–H and O–H groups in total. The standard InChI is InChI=1S/C29H29N3O9/c1-32(2)22-17-10-12-9-16-15(11-6-13(28(39)41-3)8-14(30)7-11)4-5-18(33)20(16)23(34)19(12)25(36)29(17,40)26(37)21(24(22)35)27(31)38/h4-8,12,17,19,21-22,33,40H,9-10,30H2,1-3H3,(H2,31,38)/t12-,17-,19?,21?,22?,29-/m1/s1. The van der Waals surface area contributed by atoms with E-state index in [2.05, 4.69) is 0 Å². The first-order chi connectivity index (χ1) is 19.2. The van der Waals surface area contributed by atoms with Crippen molar-refractivity contribution in [3.63, 3.8) is 0 Å². The predicted octanol–water partition coefficient (Wildman–Crippen LogP) is -0.0972. The number of phenols is 1. The summed E-state index contributed by atoms with van der Waals surface area (Å²) in [4.78, 5) is 80.2. The van der Waals surface area contributed by atoms with E-state index >= 15 is 0 Å². The van der Waals surface area contributed by atoms with Crippen LogP contribution in [0.15, 0.2) is 30.3 Å². The van der Waals surface area contributed by atoms with Crippen molar-refractivity contribution in [3.05, 3.63) is 47.0 Å². The third-order valence-corrected chi connectivity index (χ3v) is 8.63. The molecule has 3 aliphatic carbocycles. The van der Waals surface area contributed by atoms with Crippen LogP contribution in [0.3, 0.4) is 0 Å². The van der Waals surface area contributed by atoms with Crippen molar-refractivity contribution in [3.8, 4) is 16.9 Å². The lowest BCUT2D eigenvalue weighted by molar-refractivity contribution is -0.181. The van der Waals surface area contributed by atoms with E-state index in [-0.39, 0.29) is 29.7 Å². The van der Waals surface area contributed by atoms with Crippen LogP contribution in [0.5, 0.6) is 5.75 Å². The van der Waals surface area contributed by atoms with E-state index < -0.39 is 76.1 Å². The first kappa shape index (κ1) is 28.1. The Kier molecular flexibility index (Phi) is 6.58. The Bertz CT molecular complexity index is 1560. The molecule has 41 heavy (non-hydrogen) atoms. The Labute approximate surface area is 234 Å². The van der Waals surface area contributed by atoms with Crippen molar-refractivity contribution in [2.45, 2.75) is 24.5 Å². The van der Waals surface area contributed by atoms with Crippen LogP contribution in [0.25, 0.3) is 11.1 Å². The first-order valence-corrected chi connectivity index (χ1v) is 12.9. The van der Waals surface area contributed by atoms with Crippen LogP contribution >= 0.6 is 0 Å². The summed E-state index contributed by atoms with van der Waals surface area (Å²) in [5.41, 5.74) is 10.2. The number of carbonyl (C=O) groups excluding carboxylic acids is 6. The zero-order valence-electron chi connectivity index (χ0n) is 22.5. The number of likely N-dealkylation sites (N-methyl/N-ethyl adjacent to an activating group) is 1. The third kappa shape index (κ3) is 3.97. The highest BCUT2D eigenvalue weighted by molar-refractivity contribution is 6.32. The fourth-order valence-corrected chi connectivity index (χ4v) is 6.92. The number of phenolic OH excluding ortho intramolecular Hbond substituents is 1. The number of aliphatic hydroxyl groups is 1. The van der Waals surface area contributed by atoms with Gasteiger partial charge in [-0.25, -0.2) is 4.79 Å². The highest BCUT2D eigenvalue weighted by Crippen LogP contribution is 2.51. The number of Topliss-reactive ketones (excluding diaryl/α,β-unsaturated/α-hetero) is 4. The molecule has 214 valence electrons. The molecule has 0 spiro atoms. The number of primary amides is 1. The Balaban J connectivity index is 1.66. The van der Waals surface area contributed by atoms with Crippen molar-refractivity contribution in [2.24, 2.45) is 29.4 Å². The molecule has 2 aromatic carbocycles. The number of aromatic hydroxyl groups is 1. The van der Waals surface area contributed by atoms with Crippen LogP contribution in [0.1, 0.15) is 32.7 Å². The normalized spacial score (nSPS) is 29.0. The molecule has 12 nitrogen and oxygen atoms in total. The second kappa shape index (κ2) is 9.60. The minimum Gasteiger partial charge on any atom is -0.507 e. The summed E-state index contributed by atoms with van der Waals surface area (Å²) >= 11 is 0. The van der Waals surface area contributed by atoms with E-state index in [1.807, 2.05) is 0 Å². The maximum absolute atomic E-state index is 13.9. The average Bonchev–Trinajstić information content (AvgIpc) is 2.89. The highest BCUT2D eigenvalue weighted by Gasteiger charge is 2.69. The molecule has 5 rings (SSSR count). The Hall–Kier alpha value is -4.42. The van der Waals surface area contributed by atoms with Gasteiger partial charge in [0, 0.05) is 11.6 Å². The molecule has 3 unspecified atom stereocenters. The van der Waals surface area contributed by atoms with E-state index in [9.17, 15) is 39.0 Å². The molecule has 1 amide bonds. The number of benzene rings is 2. The van der Waals surface area contributed by atoms with Crippen molar-refractivity contribution >= 4 is 40.7 Å². The number of hydrogen-bond donors (Lipinski definition) is 4. The average molecular weight is 564 g/mol. The molecular weight excluding hydrogens is 534 g/mol. The number of fused-ring (bicyclic) bond motifs is 3. The molecule has 2 fully saturated rings. The lowest BCUT2D eigenvalue weighted by atomic mass is 9.52. The molecule has 12 heteroatoms. The van der Waals surface area contributed by atoms with Gasteiger partial charge in [-0.05, 0) is 73.8 Å². The Morgan fingerprint density at radius 3 is 2.37 bits per heavy atom. The lowest BCUT2D eigenvalue weighted by Crippen LogP contribution is -2.74. The molecule has 0 heterocycles. The predicted molar refractivity (Wildman–Crippen MR) is 143 cm³/mol. The Morgan fingerprint density at radius 1 is 1.07 bits per heavy atom. The summed E-state index contributed by atoms with van der Waals surface area (Å²) in [6, 6.07) is 6.19. The van der Waals surface area contributed by atoms with Crippen molar-refractivity contribution < 1.29 is 43.7 Å². The fourth-order valence-electron chi connectivity index (χ4n) is 6.92. The fraction of sp³-hybridized carbons (Fsp3) is 0.379. The number of nitrogens with two attached hydrogens (primary N) is 2. The maximum atomic E-state index is 13.9.